The Morgan fingerprint density at radius 3 is 2.35 bits per heavy atom. The lowest BCUT2D eigenvalue weighted by Crippen LogP contribution is -2.03. The van der Waals surface area contributed by atoms with Crippen molar-refractivity contribution in [3.63, 3.8) is 0 Å². The molecule has 0 bridgehead atoms. The highest BCUT2D eigenvalue weighted by atomic mass is 16.5. The number of methoxy groups -OCH3 is 1. The fourth-order valence-electron chi connectivity index (χ4n) is 3.49. The van der Waals surface area contributed by atoms with Gasteiger partial charge in [-0.05, 0) is 49.9 Å². The summed E-state index contributed by atoms with van der Waals surface area (Å²) in [6.45, 7) is 4.24. The molecule has 0 spiro atoms. The van der Waals surface area contributed by atoms with E-state index in [-0.39, 0.29) is 24.3 Å². The van der Waals surface area contributed by atoms with Crippen LogP contribution in [-0.4, -0.2) is 40.3 Å². The molecule has 0 aromatic heterocycles. The first-order valence-corrected chi connectivity index (χ1v) is 10.6. The molecular weight excluding hydrogens is 442 g/mol. The van der Waals surface area contributed by atoms with Crippen LogP contribution < -0.4 is 10.5 Å². The van der Waals surface area contributed by atoms with Crippen molar-refractivity contribution >= 4 is 17.9 Å². The SMILES string of the molecule is COc1c(C)c2c(c(O)c1C/C=C(\C)CCC(=O)O)C(=O)OC2.NCc1ccc(C(=O)O)cc1. The van der Waals surface area contributed by atoms with Gasteiger partial charge in [-0.25, -0.2) is 9.59 Å². The van der Waals surface area contributed by atoms with Crippen LogP contribution in [0.25, 0.3) is 0 Å². The molecular formula is C25H29NO8. The van der Waals surface area contributed by atoms with Gasteiger partial charge in [0.1, 0.15) is 23.7 Å². The van der Waals surface area contributed by atoms with Crippen LogP contribution in [0.1, 0.15) is 62.7 Å². The number of carbonyl (C=O) groups excluding carboxylic acids is 1. The van der Waals surface area contributed by atoms with Crippen LogP contribution in [0, 0.1) is 6.92 Å². The van der Waals surface area contributed by atoms with Gasteiger partial charge in [0.05, 0.1) is 12.7 Å². The van der Waals surface area contributed by atoms with Crippen LogP contribution in [0.3, 0.4) is 0 Å². The minimum absolute atomic E-state index is 0.0565. The number of carboxylic acid groups (broad SMARTS) is 2. The zero-order valence-corrected chi connectivity index (χ0v) is 19.4. The maximum atomic E-state index is 11.8. The molecule has 2 aromatic carbocycles. The fourth-order valence-corrected chi connectivity index (χ4v) is 3.49. The average Bonchev–Trinajstić information content (AvgIpc) is 3.21. The standard InChI is InChI=1S/C17H20O6.C8H9NO2/c1-9(5-7-13(18)19)4-6-11-15(20)14-12(8-23-17(14)21)10(2)16(11)22-3;9-5-6-1-3-7(4-2-6)8(10)11/h4,20H,5-8H2,1-3H3,(H,18,19);1-4H,5,9H2,(H,10,11)/b9-4+;. The minimum Gasteiger partial charge on any atom is -0.507 e. The van der Waals surface area contributed by atoms with Gasteiger partial charge in [0, 0.05) is 24.1 Å². The second kappa shape index (κ2) is 11.9. The molecule has 0 unspecified atom stereocenters. The Bertz CT molecular complexity index is 1100. The quantitative estimate of drug-likeness (QED) is 0.334. The van der Waals surface area contributed by atoms with E-state index in [0.29, 0.717) is 41.8 Å². The number of carbonyl (C=O) groups is 3. The van der Waals surface area contributed by atoms with Gasteiger partial charge >= 0.3 is 17.9 Å². The molecule has 3 rings (SSSR count). The van der Waals surface area contributed by atoms with E-state index >= 15 is 0 Å². The van der Waals surface area contributed by atoms with Crippen molar-refractivity contribution in [1.29, 1.82) is 0 Å². The Kier molecular flexibility index (Phi) is 9.20. The Balaban J connectivity index is 0.000000310. The maximum absolute atomic E-state index is 11.8. The molecule has 9 nitrogen and oxygen atoms in total. The second-order valence-corrected chi connectivity index (χ2v) is 7.77. The topological polar surface area (TPSA) is 156 Å². The van der Waals surface area contributed by atoms with Crippen molar-refractivity contribution in [2.75, 3.05) is 7.11 Å². The number of carboxylic acids is 2. The summed E-state index contributed by atoms with van der Waals surface area (Å²) in [5.74, 6) is -1.88. The predicted molar refractivity (Wildman–Crippen MR) is 124 cm³/mol. The number of aromatic hydroxyl groups is 1. The first-order valence-electron chi connectivity index (χ1n) is 10.6. The van der Waals surface area contributed by atoms with Gasteiger partial charge < -0.3 is 30.5 Å². The Morgan fingerprint density at radius 2 is 1.82 bits per heavy atom. The third-order valence-electron chi connectivity index (χ3n) is 5.47. The van der Waals surface area contributed by atoms with Crippen LogP contribution in [0.5, 0.6) is 11.5 Å². The van der Waals surface area contributed by atoms with Crippen molar-refractivity contribution in [2.45, 2.75) is 46.3 Å². The number of aliphatic carboxylic acids is 1. The summed E-state index contributed by atoms with van der Waals surface area (Å²) in [6.07, 6.45) is 2.68. The number of esters is 1. The molecule has 1 heterocycles. The molecule has 0 radical (unpaired) electrons. The summed E-state index contributed by atoms with van der Waals surface area (Å²) >= 11 is 0. The number of rotatable bonds is 8. The fraction of sp³-hybridized carbons (Fsp3) is 0.320. The minimum atomic E-state index is -0.909. The largest absolute Gasteiger partial charge is 0.507 e. The van der Waals surface area contributed by atoms with Gasteiger partial charge in [-0.15, -0.1) is 0 Å². The lowest BCUT2D eigenvalue weighted by atomic mass is 9.94. The molecule has 0 amide bonds. The van der Waals surface area contributed by atoms with Crippen LogP contribution in [0.15, 0.2) is 35.9 Å². The first-order chi connectivity index (χ1) is 16.1. The highest BCUT2D eigenvalue weighted by Crippen LogP contribution is 2.42. The Hall–Kier alpha value is -3.85. The Morgan fingerprint density at radius 1 is 1.18 bits per heavy atom. The summed E-state index contributed by atoms with van der Waals surface area (Å²) in [6, 6.07) is 6.52. The molecule has 0 saturated carbocycles. The number of nitrogens with two attached hydrogens (primary N) is 1. The molecule has 0 saturated heterocycles. The zero-order chi connectivity index (χ0) is 25.4. The molecule has 1 aliphatic rings. The summed E-state index contributed by atoms with van der Waals surface area (Å²) in [4.78, 5) is 32.8. The number of hydrogen-bond acceptors (Lipinski definition) is 7. The maximum Gasteiger partial charge on any atom is 0.342 e. The van der Waals surface area contributed by atoms with Crippen molar-refractivity contribution in [2.24, 2.45) is 5.73 Å². The van der Waals surface area contributed by atoms with Gasteiger partial charge in [0.2, 0.25) is 0 Å². The van der Waals surface area contributed by atoms with Gasteiger partial charge in [-0.1, -0.05) is 23.8 Å². The number of phenols is 1. The van der Waals surface area contributed by atoms with Gasteiger partial charge in [-0.3, -0.25) is 4.79 Å². The molecule has 182 valence electrons. The van der Waals surface area contributed by atoms with E-state index in [1.807, 2.05) is 19.9 Å². The van der Waals surface area contributed by atoms with Crippen LogP contribution in [0.2, 0.25) is 0 Å². The normalized spacial score (nSPS) is 12.4. The number of allylic oxidation sites excluding steroid dienone is 2. The third kappa shape index (κ3) is 6.35. The van der Waals surface area contributed by atoms with Crippen molar-refractivity contribution in [3.05, 3.63) is 69.3 Å². The van der Waals surface area contributed by atoms with Crippen molar-refractivity contribution < 1.29 is 39.2 Å². The average molecular weight is 472 g/mol. The number of benzene rings is 2. The summed E-state index contributed by atoms with van der Waals surface area (Å²) in [7, 11) is 1.51. The van der Waals surface area contributed by atoms with E-state index in [1.165, 1.54) is 7.11 Å². The second-order valence-electron chi connectivity index (χ2n) is 7.77. The Labute approximate surface area is 197 Å². The molecule has 0 fully saturated rings. The smallest absolute Gasteiger partial charge is 0.342 e. The highest BCUT2D eigenvalue weighted by Gasteiger charge is 2.31. The number of phenolic OH excluding ortho intramolecular Hbond substituents is 1. The van der Waals surface area contributed by atoms with E-state index < -0.39 is 17.9 Å². The molecule has 1 aliphatic heterocycles. The highest BCUT2D eigenvalue weighted by molar-refractivity contribution is 5.98. The molecule has 0 atom stereocenters. The third-order valence-corrected chi connectivity index (χ3v) is 5.47. The molecule has 0 aliphatic carbocycles. The van der Waals surface area contributed by atoms with Gasteiger partial charge in [-0.2, -0.15) is 0 Å². The van der Waals surface area contributed by atoms with Crippen LogP contribution in [-0.2, 0) is 29.1 Å². The summed E-state index contributed by atoms with van der Waals surface area (Å²) in [5.41, 5.74) is 9.60. The summed E-state index contributed by atoms with van der Waals surface area (Å²) < 4.78 is 10.4. The number of hydrogen-bond donors (Lipinski definition) is 4. The van der Waals surface area contributed by atoms with Crippen LogP contribution in [0.4, 0.5) is 0 Å². The number of ether oxygens (including phenoxy) is 2. The van der Waals surface area contributed by atoms with E-state index in [4.69, 9.17) is 25.4 Å². The first kappa shape index (κ1) is 26.4. The number of cyclic esters (lactones) is 1. The number of fused-ring (bicyclic) bond motifs is 1. The van der Waals surface area contributed by atoms with Gasteiger partial charge in [0.25, 0.3) is 0 Å². The number of aromatic carboxylic acids is 1. The van der Waals surface area contributed by atoms with Crippen molar-refractivity contribution in [3.8, 4) is 11.5 Å². The monoisotopic (exact) mass is 471 g/mol. The molecule has 9 heteroatoms. The lowest BCUT2D eigenvalue weighted by molar-refractivity contribution is -0.136. The van der Waals surface area contributed by atoms with E-state index in [2.05, 4.69) is 0 Å². The molecule has 2 aromatic rings. The van der Waals surface area contributed by atoms with E-state index in [9.17, 15) is 19.5 Å². The van der Waals surface area contributed by atoms with E-state index in [0.717, 1.165) is 16.7 Å². The summed E-state index contributed by atoms with van der Waals surface area (Å²) in [5, 5.41) is 27.7. The van der Waals surface area contributed by atoms with Crippen molar-refractivity contribution in [1.82, 2.24) is 0 Å². The van der Waals surface area contributed by atoms with Gasteiger partial charge in [0.15, 0.2) is 0 Å². The zero-order valence-electron chi connectivity index (χ0n) is 19.4. The molecule has 5 N–H and O–H groups in total. The predicted octanol–water partition coefficient (Wildman–Crippen LogP) is 3.58. The van der Waals surface area contributed by atoms with Crippen LogP contribution >= 0.6 is 0 Å². The van der Waals surface area contributed by atoms with E-state index in [1.54, 1.807) is 24.3 Å². The molecule has 34 heavy (non-hydrogen) atoms. The lowest BCUT2D eigenvalue weighted by Gasteiger charge is -2.15.